The summed E-state index contributed by atoms with van der Waals surface area (Å²) in [6.07, 6.45) is 5.67. The van der Waals surface area contributed by atoms with Crippen LogP contribution in [-0.4, -0.2) is 47.8 Å². The van der Waals surface area contributed by atoms with Crippen molar-refractivity contribution in [2.24, 2.45) is 5.41 Å². The van der Waals surface area contributed by atoms with E-state index >= 15 is 0 Å². The smallest absolute Gasteiger partial charge is 0.350 e. The molecule has 0 radical (unpaired) electrons. The van der Waals surface area contributed by atoms with E-state index in [1.54, 1.807) is 25.8 Å². The van der Waals surface area contributed by atoms with E-state index in [9.17, 15) is 9.36 Å². The van der Waals surface area contributed by atoms with Crippen molar-refractivity contribution in [3.8, 4) is 0 Å². The fourth-order valence-electron chi connectivity index (χ4n) is 3.41. The molecule has 0 aromatic heterocycles. The van der Waals surface area contributed by atoms with E-state index in [1.165, 1.54) is 0 Å². The number of ether oxygens (including phenoxy) is 1. The van der Waals surface area contributed by atoms with Crippen LogP contribution in [0.3, 0.4) is 0 Å². The zero-order valence-electron chi connectivity index (χ0n) is 20.3. The maximum absolute atomic E-state index is 13.8. The van der Waals surface area contributed by atoms with Crippen molar-refractivity contribution < 1.29 is 28.0 Å². The molecule has 1 aliphatic carbocycles. The second-order valence-corrected chi connectivity index (χ2v) is 11.8. The minimum absolute atomic E-state index is 0.225. The quantitative estimate of drug-likeness (QED) is 0.184. The fraction of sp³-hybridized carbons (Fsp3) is 0.864. The Morgan fingerprint density at radius 1 is 1.13 bits per heavy atom. The molecule has 176 valence electrons. The summed E-state index contributed by atoms with van der Waals surface area (Å²) in [6, 6.07) is 0. The largest absolute Gasteiger partial charge is 0.456 e. The fourth-order valence-corrected chi connectivity index (χ4v) is 6.10. The summed E-state index contributed by atoms with van der Waals surface area (Å²) in [5.41, 5.74) is -1.11. The first-order valence-corrected chi connectivity index (χ1v) is 12.6. The second-order valence-electron chi connectivity index (χ2n) is 9.69. The minimum Gasteiger partial charge on any atom is -0.456 e. The van der Waals surface area contributed by atoms with Crippen LogP contribution in [0.2, 0.25) is 0 Å². The van der Waals surface area contributed by atoms with Gasteiger partial charge in [0.1, 0.15) is 11.9 Å². The van der Waals surface area contributed by atoms with Crippen LogP contribution in [0.5, 0.6) is 0 Å². The van der Waals surface area contributed by atoms with Gasteiger partial charge >= 0.3 is 13.6 Å². The number of hydrogen-bond donors (Lipinski definition) is 0. The summed E-state index contributed by atoms with van der Waals surface area (Å²) in [6.45, 7) is 17.4. The highest BCUT2D eigenvalue weighted by molar-refractivity contribution is 7.54. The maximum atomic E-state index is 13.8. The predicted octanol–water partition coefficient (Wildman–Crippen LogP) is 5.70. The van der Waals surface area contributed by atoms with E-state index < -0.39 is 36.4 Å². The molecule has 0 amide bonds. The Bertz CT molecular complexity index is 612. The molecule has 0 aromatic carbocycles. The van der Waals surface area contributed by atoms with Crippen LogP contribution < -0.4 is 0 Å². The van der Waals surface area contributed by atoms with Crippen molar-refractivity contribution in [3.05, 3.63) is 12.2 Å². The van der Waals surface area contributed by atoms with Crippen LogP contribution >= 0.6 is 7.60 Å². The van der Waals surface area contributed by atoms with Gasteiger partial charge in [-0.05, 0) is 72.3 Å². The van der Waals surface area contributed by atoms with Crippen LogP contribution in [0, 0.1) is 5.41 Å². The molecule has 8 heteroatoms. The average Bonchev–Trinajstić information content (AvgIpc) is 2.60. The molecule has 0 saturated heterocycles. The highest BCUT2D eigenvalue weighted by Crippen LogP contribution is 2.60. The molecule has 1 aliphatic rings. The number of rotatable bonds is 10. The molecule has 0 N–H and O–H groups in total. The first-order valence-electron chi connectivity index (χ1n) is 11.0. The molecule has 7 nitrogen and oxygen atoms in total. The number of hydrogen-bond acceptors (Lipinski definition) is 7. The van der Waals surface area contributed by atoms with Gasteiger partial charge in [-0.3, -0.25) is 9.40 Å². The van der Waals surface area contributed by atoms with Gasteiger partial charge in [0, 0.05) is 5.54 Å². The summed E-state index contributed by atoms with van der Waals surface area (Å²) in [5.74, 6) is -1.18. The molecule has 0 heterocycles. The highest BCUT2D eigenvalue weighted by atomic mass is 31.2. The number of nitrogens with zero attached hydrogens (tertiary/aromatic N) is 1. The monoisotopic (exact) mass is 447 g/mol. The minimum atomic E-state index is -3.59. The number of carbonyl (C=O) groups excluding carboxylic acids is 1. The molecular weight excluding hydrogens is 405 g/mol. The first kappa shape index (κ1) is 27.3. The zero-order chi connectivity index (χ0) is 23.2. The standard InChI is InChI=1S/C22H42NO6P/c1-10-26-30(25,27-11-2)20(21(4,5)6)23(22(7,8)9)29-17(3)19(24)28-18-15-13-12-14-16-18/h13,15,17-18,20H,10-12,14,16H2,1-9H3. The van der Waals surface area contributed by atoms with Crippen molar-refractivity contribution >= 4 is 13.6 Å². The maximum Gasteiger partial charge on any atom is 0.350 e. The van der Waals surface area contributed by atoms with Crippen LogP contribution in [-0.2, 0) is 28.0 Å². The Kier molecular flexibility index (Phi) is 10.2. The summed E-state index contributed by atoms with van der Waals surface area (Å²) < 4.78 is 30.8. The van der Waals surface area contributed by atoms with Gasteiger partial charge in [0.05, 0.1) is 13.2 Å². The normalized spacial score (nSPS) is 20.3. The van der Waals surface area contributed by atoms with Crippen molar-refractivity contribution in [3.63, 3.8) is 0 Å². The third kappa shape index (κ3) is 7.76. The summed E-state index contributed by atoms with van der Waals surface area (Å²) >= 11 is 0. The first-order chi connectivity index (χ1) is 13.8. The van der Waals surface area contributed by atoms with E-state index in [-0.39, 0.29) is 19.3 Å². The zero-order valence-corrected chi connectivity index (χ0v) is 21.2. The van der Waals surface area contributed by atoms with Crippen LogP contribution in [0.1, 0.15) is 81.6 Å². The molecule has 30 heavy (non-hydrogen) atoms. The molecule has 0 spiro atoms. The van der Waals surface area contributed by atoms with Crippen molar-refractivity contribution in [1.29, 1.82) is 0 Å². The lowest BCUT2D eigenvalue weighted by atomic mass is 9.94. The van der Waals surface area contributed by atoms with E-state index in [0.717, 1.165) is 19.3 Å². The van der Waals surface area contributed by atoms with Gasteiger partial charge in [0.25, 0.3) is 0 Å². The predicted molar refractivity (Wildman–Crippen MR) is 119 cm³/mol. The highest BCUT2D eigenvalue weighted by Gasteiger charge is 2.52. The molecule has 3 unspecified atom stereocenters. The Balaban J connectivity index is 3.19. The molecule has 1 rings (SSSR count). The molecule has 3 atom stereocenters. The summed E-state index contributed by atoms with van der Waals surface area (Å²) in [4.78, 5) is 18.9. The summed E-state index contributed by atoms with van der Waals surface area (Å²) in [7, 11) is -3.59. The summed E-state index contributed by atoms with van der Waals surface area (Å²) in [5, 5.41) is 1.61. The number of carbonyl (C=O) groups is 1. The lowest BCUT2D eigenvalue weighted by Gasteiger charge is -2.48. The number of allylic oxidation sites excluding steroid dienone is 1. The molecular formula is C22H42NO6P. The number of esters is 1. The Hall–Kier alpha value is -0.720. The van der Waals surface area contributed by atoms with Gasteiger partial charge in [-0.1, -0.05) is 26.8 Å². The van der Waals surface area contributed by atoms with Crippen LogP contribution in [0.25, 0.3) is 0 Å². The lowest BCUT2D eigenvalue weighted by Crippen LogP contribution is -2.55. The van der Waals surface area contributed by atoms with Crippen LogP contribution in [0.4, 0.5) is 0 Å². The van der Waals surface area contributed by atoms with Gasteiger partial charge in [0.2, 0.25) is 0 Å². The second kappa shape index (κ2) is 11.2. The number of hydroxylamine groups is 2. The average molecular weight is 448 g/mol. The van der Waals surface area contributed by atoms with Gasteiger partial charge in [0.15, 0.2) is 6.10 Å². The van der Waals surface area contributed by atoms with Gasteiger partial charge in [-0.15, -0.1) is 0 Å². The lowest BCUT2D eigenvalue weighted by molar-refractivity contribution is -0.264. The van der Waals surface area contributed by atoms with E-state index in [4.69, 9.17) is 18.6 Å². The van der Waals surface area contributed by atoms with Gasteiger partial charge in [-0.2, -0.15) is 5.06 Å². The molecule has 0 bridgehead atoms. The van der Waals surface area contributed by atoms with Crippen molar-refractivity contribution in [1.82, 2.24) is 5.06 Å². The van der Waals surface area contributed by atoms with E-state index in [0.29, 0.717) is 0 Å². The van der Waals surface area contributed by atoms with Crippen molar-refractivity contribution in [2.45, 2.75) is 105 Å². The van der Waals surface area contributed by atoms with E-state index in [2.05, 4.69) is 0 Å². The Morgan fingerprint density at radius 2 is 1.70 bits per heavy atom. The third-order valence-corrected chi connectivity index (χ3v) is 7.48. The Labute approximate surface area is 183 Å². The van der Waals surface area contributed by atoms with Crippen LogP contribution in [0.15, 0.2) is 12.2 Å². The Morgan fingerprint density at radius 3 is 2.10 bits per heavy atom. The van der Waals surface area contributed by atoms with Crippen molar-refractivity contribution in [2.75, 3.05) is 13.2 Å². The van der Waals surface area contributed by atoms with Gasteiger partial charge < -0.3 is 13.8 Å². The molecule has 0 aromatic rings. The van der Waals surface area contributed by atoms with E-state index in [1.807, 2.05) is 53.7 Å². The van der Waals surface area contributed by atoms with Gasteiger partial charge in [-0.25, -0.2) is 4.79 Å². The SMILES string of the molecule is CCOP(=O)(OCC)C(N(OC(C)C(=O)OC1C=CCCC1)C(C)(C)C)C(C)(C)C. The molecule has 0 aliphatic heterocycles. The molecule has 0 fully saturated rings. The topological polar surface area (TPSA) is 74.3 Å². The third-order valence-electron chi connectivity index (χ3n) is 4.66. The molecule has 0 saturated carbocycles.